The second kappa shape index (κ2) is 6.18. The lowest BCUT2D eigenvalue weighted by atomic mass is 10.0. The van der Waals surface area contributed by atoms with E-state index in [2.05, 4.69) is 0 Å². The van der Waals surface area contributed by atoms with Crippen LogP contribution in [0.15, 0.2) is 36.4 Å². The van der Waals surface area contributed by atoms with Crippen LogP contribution >= 0.6 is 11.6 Å². The van der Waals surface area contributed by atoms with Crippen molar-refractivity contribution in [3.63, 3.8) is 0 Å². The van der Waals surface area contributed by atoms with Crippen LogP contribution < -0.4 is 4.74 Å². The Balaban J connectivity index is 2.19. The summed E-state index contributed by atoms with van der Waals surface area (Å²) in [6, 6.07) is 9.10. The van der Waals surface area contributed by atoms with Gasteiger partial charge in [0.05, 0.1) is 12.5 Å². The molecule has 0 N–H and O–H groups in total. The molecule has 0 radical (unpaired) electrons. The molecule has 0 saturated carbocycles. The van der Waals surface area contributed by atoms with Crippen LogP contribution in [0.3, 0.4) is 0 Å². The van der Waals surface area contributed by atoms with Crippen LogP contribution in [0.1, 0.15) is 16.5 Å². The third-order valence-electron chi connectivity index (χ3n) is 2.98. The van der Waals surface area contributed by atoms with Gasteiger partial charge in [-0.15, -0.1) is 11.6 Å². The highest BCUT2D eigenvalue weighted by Crippen LogP contribution is 2.29. The molecule has 1 unspecified atom stereocenters. The fraction of sp³-hybridized carbons (Fsp3) is 0.200. The molecule has 0 aliphatic rings. The summed E-state index contributed by atoms with van der Waals surface area (Å²) in [4.78, 5) is 0. The van der Waals surface area contributed by atoms with Crippen molar-refractivity contribution < 1.29 is 17.9 Å². The van der Waals surface area contributed by atoms with Crippen molar-refractivity contribution in [3.8, 4) is 5.75 Å². The summed E-state index contributed by atoms with van der Waals surface area (Å²) in [6.45, 7) is 0. The first-order valence-electron chi connectivity index (χ1n) is 5.93. The van der Waals surface area contributed by atoms with E-state index in [-0.39, 0.29) is 5.56 Å². The summed E-state index contributed by atoms with van der Waals surface area (Å²) in [5.41, 5.74) is 0.788. The second-order valence-corrected chi connectivity index (χ2v) is 4.81. The first-order chi connectivity index (χ1) is 9.52. The van der Waals surface area contributed by atoms with Crippen molar-refractivity contribution in [2.45, 2.75) is 11.8 Å². The molecule has 1 nitrogen and oxygen atoms in total. The number of ether oxygens (including phenoxy) is 1. The van der Waals surface area contributed by atoms with Gasteiger partial charge in [0.15, 0.2) is 17.5 Å². The van der Waals surface area contributed by atoms with Crippen molar-refractivity contribution in [3.05, 3.63) is 65.0 Å². The fourth-order valence-electron chi connectivity index (χ4n) is 1.86. The second-order valence-electron chi connectivity index (χ2n) is 4.28. The number of methoxy groups -OCH3 is 1. The van der Waals surface area contributed by atoms with Crippen LogP contribution in [0.25, 0.3) is 0 Å². The van der Waals surface area contributed by atoms with E-state index in [9.17, 15) is 13.2 Å². The topological polar surface area (TPSA) is 9.23 Å². The first-order valence-corrected chi connectivity index (χ1v) is 6.37. The quantitative estimate of drug-likeness (QED) is 0.590. The van der Waals surface area contributed by atoms with Crippen molar-refractivity contribution >= 4 is 11.6 Å². The highest BCUT2D eigenvalue weighted by molar-refractivity contribution is 6.20. The summed E-state index contributed by atoms with van der Waals surface area (Å²) in [5.74, 6) is -3.26. The fourth-order valence-corrected chi connectivity index (χ4v) is 2.21. The normalized spacial score (nSPS) is 12.2. The number of hydrogen-bond acceptors (Lipinski definition) is 1. The Labute approximate surface area is 119 Å². The van der Waals surface area contributed by atoms with Crippen molar-refractivity contribution in [1.82, 2.24) is 0 Å². The van der Waals surface area contributed by atoms with Gasteiger partial charge in [0, 0.05) is 5.56 Å². The third kappa shape index (κ3) is 3.07. The van der Waals surface area contributed by atoms with Crippen molar-refractivity contribution in [2.24, 2.45) is 0 Å². The van der Waals surface area contributed by atoms with E-state index >= 15 is 0 Å². The molecule has 2 aromatic rings. The van der Waals surface area contributed by atoms with Crippen molar-refractivity contribution in [2.75, 3.05) is 7.11 Å². The van der Waals surface area contributed by atoms with Crippen LogP contribution in [0.5, 0.6) is 5.75 Å². The highest BCUT2D eigenvalue weighted by Gasteiger charge is 2.19. The van der Waals surface area contributed by atoms with Gasteiger partial charge in [0.25, 0.3) is 0 Å². The van der Waals surface area contributed by atoms with Gasteiger partial charge in [0.1, 0.15) is 5.75 Å². The number of benzene rings is 2. The van der Waals surface area contributed by atoms with Crippen LogP contribution in [0, 0.1) is 17.5 Å². The van der Waals surface area contributed by atoms with Gasteiger partial charge in [0.2, 0.25) is 0 Å². The molecule has 20 heavy (non-hydrogen) atoms. The average molecular weight is 301 g/mol. The Morgan fingerprint density at radius 3 is 2.25 bits per heavy atom. The zero-order valence-electron chi connectivity index (χ0n) is 10.7. The minimum atomic E-state index is -1.50. The highest BCUT2D eigenvalue weighted by atomic mass is 35.5. The summed E-state index contributed by atoms with van der Waals surface area (Å²) in [5, 5.41) is -0.779. The molecular formula is C15H12ClF3O. The molecule has 0 heterocycles. The molecule has 2 aromatic carbocycles. The SMILES string of the molecule is COc1ccc(CC(Cl)c2ccc(F)c(F)c2F)cc1. The minimum absolute atomic E-state index is 0.0543. The van der Waals surface area contributed by atoms with E-state index in [4.69, 9.17) is 16.3 Å². The molecule has 0 saturated heterocycles. The third-order valence-corrected chi connectivity index (χ3v) is 3.37. The van der Waals surface area contributed by atoms with Gasteiger partial charge < -0.3 is 4.74 Å². The largest absolute Gasteiger partial charge is 0.497 e. The van der Waals surface area contributed by atoms with Crippen LogP contribution in [-0.4, -0.2) is 7.11 Å². The monoisotopic (exact) mass is 300 g/mol. The maximum atomic E-state index is 13.6. The molecule has 0 aromatic heterocycles. The molecule has 0 aliphatic carbocycles. The van der Waals surface area contributed by atoms with Crippen LogP contribution in [0.2, 0.25) is 0 Å². The number of hydrogen-bond donors (Lipinski definition) is 0. The van der Waals surface area contributed by atoms with E-state index in [1.807, 2.05) is 0 Å². The number of rotatable bonds is 4. The number of halogens is 4. The van der Waals surface area contributed by atoms with E-state index in [1.165, 1.54) is 0 Å². The summed E-state index contributed by atoms with van der Waals surface area (Å²) < 4.78 is 44.7. The van der Waals surface area contributed by atoms with E-state index in [0.29, 0.717) is 12.2 Å². The summed E-state index contributed by atoms with van der Waals surface area (Å²) >= 11 is 6.08. The van der Waals surface area contributed by atoms with E-state index in [0.717, 1.165) is 17.7 Å². The Bertz CT molecular complexity index is 599. The predicted octanol–water partition coefficient (Wildman–Crippen LogP) is 4.64. The van der Waals surface area contributed by atoms with E-state index < -0.39 is 22.8 Å². The average Bonchev–Trinajstić information content (AvgIpc) is 2.45. The number of alkyl halides is 1. The molecule has 1 atom stereocenters. The summed E-state index contributed by atoms with van der Waals surface area (Å²) in [7, 11) is 1.55. The van der Waals surface area contributed by atoms with Gasteiger partial charge in [-0.3, -0.25) is 0 Å². The maximum Gasteiger partial charge on any atom is 0.194 e. The Kier molecular flexibility index (Phi) is 4.55. The van der Waals surface area contributed by atoms with Crippen LogP contribution in [0.4, 0.5) is 13.2 Å². The molecular weight excluding hydrogens is 289 g/mol. The van der Waals surface area contributed by atoms with Gasteiger partial charge in [-0.05, 0) is 30.2 Å². The maximum absolute atomic E-state index is 13.6. The van der Waals surface area contributed by atoms with Gasteiger partial charge in [-0.25, -0.2) is 13.2 Å². The van der Waals surface area contributed by atoms with Gasteiger partial charge >= 0.3 is 0 Å². The Morgan fingerprint density at radius 2 is 1.65 bits per heavy atom. The predicted molar refractivity (Wildman–Crippen MR) is 71.6 cm³/mol. The molecule has 0 spiro atoms. The molecule has 5 heteroatoms. The molecule has 0 bridgehead atoms. The lowest BCUT2D eigenvalue weighted by Crippen LogP contribution is -2.03. The smallest absolute Gasteiger partial charge is 0.194 e. The lowest BCUT2D eigenvalue weighted by Gasteiger charge is -2.12. The molecule has 0 aliphatic heterocycles. The summed E-state index contributed by atoms with van der Waals surface area (Å²) in [6.07, 6.45) is 0.299. The van der Waals surface area contributed by atoms with Crippen LogP contribution in [-0.2, 0) is 6.42 Å². The van der Waals surface area contributed by atoms with Gasteiger partial charge in [-0.1, -0.05) is 18.2 Å². The lowest BCUT2D eigenvalue weighted by molar-refractivity contribution is 0.414. The first kappa shape index (κ1) is 14.7. The zero-order valence-corrected chi connectivity index (χ0v) is 11.4. The molecule has 106 valence electrons. The Hall–Kier alpha value is -1.68. The van der Waals surface area contributed by atoms with E-state index in [1.54, 1.807) is 31.4 Å². The van der Waals surface area contributed by atoms with Crippen molar-refractivity contribution in [1.29, 1.82) is 0 Å². The molecule has 2 rings (SSSR count). The molecule has 0 amide bonds. The molecule has 0 fully saturated rings. The zero-order chi connectivity index (χ0) is 14.7. The Morgan fingerprint density at radius 1 is 1.00 bits per heavy atom. The minimum Gasteiger partial charge on any atom is -0.497 e. The van der Waals surface area contributed by atoms with Gasteiger partial charge in [-0.2, -0.15) is 0 Å². The standard InChI is InChI=1S/C15H12ClF3O/c1-20-10-4-2-9(3-5-10)8-12(16)11-6-7-13(17)15(19)14(11)18/h2-7,12H,8H2,1H3.